The molecule has 0 N–H and O–H groups in total. The average Bonchev–Trinajstić information content (AvgIpc) is 3.64. The lowest BCUT2D eigenvalue weighted by atomic mass is 9.90. The minimum Gasteiger partial charge on any atom is -0.471 e. The van der Waals surface area contributed by atoms with Crippen LogP contribution in [0.2, 0.25) is 0 Å². The molecule has 2 unspecified atom stereocenters. The van der Waals surface area contributed by atoms with Crippen LogP contribution in [0.1, 0.15) is 75.9 Å². The van der Waals surface area contributed by atoms with Crippen LogP contribution in [0.5, 0.6) is 5.88 Å². The van der Waals surface area contributed by atoms with E-state index in [1.165, 1.54) is 7.11 Å². The Hall–Kier alpha value is -3.73. The largest absolute Gasteiger partial charge is 0.471 e. The summed E-state index contributed by atoms with van der Waals surface area (Å²) in [5.41, 5.74) is 1.84. The van der Waals surface area contributed by atoms with Crippen molar-refractivity contribution in [2.24, 2.45) is 5.41 Å². The molecule has 1 aliphatic carbocycles. The third-order valence-electron chi connectivity index (χ3n) is 8.17. The van der Waals surface area contributed by atoms with E-state index < -0.39 is 11.6 Å². The Balaban J connectivity index is 1.31. The molecule has 0 bridgehead atoms. The van der Waals surface area contributed by atoms with Crippen molar-refractivity contribution >= 4 is 23.0 Å². The maximum atomic E-state index is 12.8. The first-order valence-electron chi connectivity index (χ1n) is 14.3. The lowest BCUT2D eigenvalue weighted by Crippen LogP contribution is -2.51. The lowest BCUT2D eigenvalue weighted by Gasteiger charge is -2.39. The molecule has 11 nitrogen and oxygen atoms in total. The van der Waals surface area contributed by atoms with Gasteiger partial charge >= 0.3 is 12.1 Å². The standard InChI is InChI=1S/C30H37N5O6/c1-29(2,3)41-28(37)34-13-12-30(10-11-30)23(18-34)40-24-17-31-16-21(32-24)26-20-15-19(27(36)38-4)8-9-22(20)35(33-26)25-7-5-6-14-39-25/h8-9,15-17,23,25H,5-7,10-14,18H2,1-4H3. The van der Waals surface area contributed by atoms with Crippen molar-refractivity contribution in [3.63, 3.8) is 0 Å². The molecule has 2 saturated heterocycles. The number of rotatable bonds is 5. The second-order valence-electron chi connectivity index (χ2n) is 12.2. The number of ether oxygens (including phenoxy) is 4. The predicted octanol–water partition coefficient (Wildman–Crippen LogP) is 5.15. The minimum absolute atomic E-state index is 0.0399. The highest BCUT2D eigenvalue weighted by molar-refractivity contribution is 5.99. The number of amides is 1. The van der Waals surface area contributed by atoms with Gasteiger partial charge in [0.15, 0.2) is 6.23 Å². The van der Waals surface area contributed by atoms with Gasteiger partial charge in [-0.15, -0.1) is 0 Å². The number of hydrogen-bond donors (Lipinski definition) is 0. The van der Waals surface area contributed by atoms with E-state index in [4.69, 9.17) is 29.0 Å². The van der Waals surface area contributed by atoms with Gasteiger partial charge < -0.3 is 23.8 Å². The number of fused-ring (bicyclic) bond motifs is 1. The smallest absolute Gasteiger partial charge is 0.410 e. The van der Waals surface area contributed by atoms with Gasteiger partial charge in [0, 0.05) is 24.0 Å². The average molecular weight is 564 g/mol. The summed E-state index contributed by atoms with van der Waals surface area (Å²) in [6.07, 6.45) is 8.38. The van der Waals surface area contributed by atoms with Crippen molar-refractivity contribution in [3.05, 3.63) is 36.2 Å². The van der Waals surface area contributed by atoms with E-state index in [-0.39, 0.29) is 23.8 Å². The molecule has 3 aliphatic rings. The van der Waals surface area contributed by atoms with E-state index in [0.717, 1.165) is 49.4 Å². The fourth-order valence-corrected chi connectivity index (χ4v) is 5.77. The number of benzene rings is 1. The number of esters is 1. The zero-order valence-electron chi connectivity index (χ0n) is 24.1. The topological polar surface area (TPSA) is 118 Å². The van der Waals surface area contributed by atoms with Crippen molar-refractivity contribution in [3.8, 4) is 17.3 Å². The number of piperidine rings is 1. The number of methoxy groups -OCH3 is 1. The van der Waals surface area contributed by atoms with Gasteiger partial charge in [-0.05, 0) is 77.5 Å². The molecule has 2 aromatic heterocycles. The Bertz CT molecular complexity index is 1450. The molecule has 4 heterocycles. The van der Waals surface area contributed by atoms with Gasteiger partial charge in [0.1, 0.15) is 23.1 Å². The number of nitrogens with zero attached hydrogens (tertiary/aromatic N) is 5. The third kappa shape index (κ3) is 5.59. The van der Waals surface area contributed by atoms with Crippen molar-refractivity contribution in [1.82, 2.24) is 24.6 Å². The first kappa shape index (κ1) is 27.4. The van der Waals surface area contributed by atoms with Crippen molar-refractivity contribution in [1.29, 1.82) is 0 Å². The number of carbonyl (C=O) groups excluding carboxylic acids is 2. The summed E-state index contributed by atoms with van der Waals surface area (Å²) < 4.78 is 25.0. The summed E-state index contributed by atoms with van der Waals surface area (Å²) in [5, 5.41) is 5.67. The molecule has 0 radical (unpaired) electrons. The van der Waals surface area contributed by atoms with Crippen molar-refractivity contribution < 1.29 is 28.5 Å². The fraction of sp³-hybridized carbons (Fsp3) is 0.567. The maximum Gasteiger partial charge on any atom is 0.410 e. The Morgan fingerprint density at radius 2 is 1.95 bits per heavy atom. The van der Waals surface area contributed by atoms with E-state index in [1.54, 1.807) is 29.4 Å². The summed E-state index contributed by atoms with van der Waals surface area (Å²) in [7, 11) is 1.36. The Morgan fingerprint density at radius 1 is 1.12 bits per heavy atom. The van der Waals surface area contributed by atoms with E-state index in [1.807, 2.05) is 31.5 Å². The summed E-state index contributed by atoms with van der Waals surface area (Å²) in [5.74, 6) is -0.0604. The molecule has 218 valence electrons. The van der Waals surface area contributed by atoms with Crippen LogP contribution in [0.4, 0.5) is 4.79 Å². The highest BCUT2D eigenvalue weighted by atomic mass is 16.6. The van der Waals surface area contributed by atoms with Crippen LogP contribution >= 0.6 is 0 Å². The van der Waals surface area contributed by atoms with Crippen LogP contribution in [0.3, 0.4) is 0 Å². The van der Waals surface area contributed by atoms with Gasteiger partial charge in [0.05, 0.1) is 37.1 Å². The van der Waals surface area contributed by atoms with Crippen LogP contribution in [-0.4, -0.2) is 75.2 Å². The van der Waals surface area contributed by atoms with E-state index in [2.05, 4.69) is 4.98 Å². The van der Waals surface area contributed by atoms with Gasteiger partial charge in [-0.3, -0.25) is 4.98 Å². The molecule has 6 rings (SSSR count). The molecule has 2 atom stereocenters. The summed E-state index contributed by atoms with van der Waals surface area (Å²) >= 11 is 0. The summed E-state index contributed by atoms with van der Waals surface area (Å²) in [6.45, 7) is 7.35. The number of aromatic nitrogens is 4. The molecule has 3 fully saturated rings. The molecular formula is C30H37N5O6. The first-order chi connectivity index (χ1) is 19.7. The van der Waals surface area contributed by atoms with Gasteiger partial charge in [0.2, 0.25) is 5.88 Å². The van der Waals surface area contributed by atoms with Gasteiger partial charge in [-0.2, -0.15) is 5.10 Å². The molecule has 1 amide bonds. The monoisotopic (exact) mass is 563 g/mol. The Kier molecular flexibility index (Phi) is 7.09. The molecule has 1 saturated carbocycles. The van der Waals surface area contributed by atoms with Crippen molar-refractivity contribution in [2.45, 2.75) is 77.2 Å². The molecule has 1 spiro atoms. The third-order valence-corrected chi connectivity index (χ3v) is 8.17. The van der Waals surface area contributed by atoms with Crippen LogP contribution in [0, 0.1) is 5.41 Å². The number of carbonyl (C=O) groups is 2. The number of hydrogen-bond acceptors (Lipinski definition) is 9. The highest BCUT2D eigenvalue weighted by Gasteiger charge is 2.54. The zero-order chi connectivity index (χ0) is 28.8. The van der Waals surface area contributed by atoms with E-state index >= 15 is 0 Å². The lowest BCUT2D eigenvalue weighted by molar-refractivity contribution is -0.0365. The van der Waals surface area contributed by atoms with Crippen molar-refractivity contribution in [2.75, 3.05) is 26.8 Å². The molecular weight excluding hydrogens is 526 g/mol. The van der Waals surface area contributed by atoms with Crippen LogP contribution in [-0.2, 0) is 14.2 Å². The first-order valence-corrected chi connectivity index (χ1v) is 14.3. The molecule has 11 heteroatoms. The summed E-state index contributed by atoms with van der Waals surface area (Å²) in [6, 6.07) is 5.38. The minimum atomic E-state index is -0.565. The van der Waals surface area contributed by atoms with Crippen LogP contribution in [0.25, 0.3) is 22.3 Å². The molecule has 41 heavy (non-hydrogen) atoms. The number of likely N-dealkylation sites (tertiary alicyclic amines) is 1. The summed E-state index contributed by atoms with van der Waals surface area (Å²) in [4.78, 5) is 36.1. The molecule has 2 aliphatic heterocycles. The Morgan fingerprint density at radius 3 is 2.66 bits per heavy atom. The fourth-order valence-electron chi connectivity index (χ4n) is 5.77. The molecule has 3 aromatic rings. The Labute approximate surface area is 239 Å². The maximum absolute atomic E-state index is 12.8. The quantitative estimate of drug-likeness (QED) is 0.389. The van der Waals surface area contributed by atoms with Gasteiger partial charge in [0.25, 0.3) is 0 Å². The zero-order valence-corrected chi connectivity index (χ0v) is 24.1. The second kappa shape index (κ2) is 10.6. The predicted molar refractivity (Wildman–Crippen MR) is 149 cm³/mol. The normalized spacial score (nSPS) is 22.0. The van der Waals surface area contributed by atoms with Crippen LogP contribution < -0.4 is 4.74 Å². The second-order valence-corrected chi connectivity index (χ2v) is 12.2. The van der Waals surface area contributed by atoms with Gasteiger partial charge in [-0.25, -0.2) is 19.3 Å². The SMILES string of the molecule is COC(=O)c1ccc2c(c1)c(-c1cncc(OC3CN(C(=O)OC(C)(C)C)CCC34CC4)n1)nn2C1CCCCO1. The molecule has 1 aromatic carbocycles. The van der Waals surface area contributed by atoms with E-state index in [9.17, 15) is 9.59 Å². The van der Waals surface area contributed by atoms with Crippen LogP contribution in [0.15, 0.2) is 30.6 Å². The highest BCUT2D eigenvalue weighted by Crippen LogP contribution is 2.54. The van der Waals surface area contributed by atoms with E-state index in [0.29, 0.717) is 42.5 Å². The van der Waals surface area contributed by atoms with Gasteiger partial charge in [-0.1, -0.05) is 0 Å².